The molecule has 0 bridgehead atoms. The lowest BCUT2D eigenvalue weighted by Crippen LogP contribution is -2.37. The van der Waals surface area contributed by atoms with Gasteiger partial charge in [0.15, 0.2) is 0 Å². The summed E-state index contributed by atoms with van der Waals surface area (Å²) >= 11 is 0. The number of benzene rings is 1. The highest BCUT2D eigenvalue weighted by atomic mass is 32.2. The van der Waals surface area contributed by atoms with E-state index in [1.54, 1.807) is 22.5 Å². The Balaban J connectivity index is 1.95. The molecule has 118 valence electrons. The molecule has 22 heavy (non-hydrogen) atoms. The van der Waals surface area contributed by atoms with E-state index in [1.165, 1.54) is 0 Å². The number of fused-ring (bicyclic) bond motifs is 1. The molecule has 5 nitrogen and oxygen atoms in total. The van der Waals surface area contributed by atoms with Crippen molar-refractivity contribution in [1.82, 2.24) is 13.9 Å². The maximum absolute atomic E-state index is 12.8. The van der Waals surface area contributed by atoms with Crippen molar-refractivity contribution in [1.29, 1.82) is 0 Å². The normalized spacial score (nSPS) is 16.0. The topological polar surface area (TPSA) is 55.2 Å². The van der Waals surface area contributed by atoms with E-state index in [2.05, 4.69) is 23.4 Å². The van der Waals surface area contributed by atoms with Gasteiger partial charge in [0.2, 0.25) is 10.0 Å². The zero-order valence-corrected chi connectivity index (χ0v) is 14.0. The Morgan fingerprint density at radius 1 is 1.27 bits per heavy atom. The molecule has 0 N–H and O–H groups in total. The molecule has 1 aliphatic rings. The van der Waals surface area contributed by atoms with E-state index >= 15 is 0 Å². The number of aromatic nitrogens is 2. The summed E-state index contributed by atoms with van der Waals surface area (Å²) in [6.45, 7) is 6.94. The minimum absolute atomic E-state index is 0.276. The average molecular weight is 319 g/mol. The molecule has 0 spiro atoms. The summed E-state index contributed by atoms with van der Waals surface area (Å²) in [5.74, 6) is 0. The van der Waals surface area contributed by atoms with E-state index in [1.807, 2.05) is 19.3 Å². The van der Waals surface area contributed by atoms with Gasteiger partial charge in [-0.3, -0.25) is 0 Å². The molecule has 0 aliphatic carbocycles. The lowest BCUT2D eigenvalue weighted by Gasteiger charge is -2.27. The Kier molecular flexibility index (Phi) is 3.82. The van der Waals surface area contributed by atoms with Crippen molar-refractivity contribution in [3.8, 4) is 0 Å². The van der Waals surface area contributed by atoms with E-state index in [-0.39, 0.29) is 6.04 Å². The van der Waals surface area contributed by atoms with Crippen molar-refractivity contribution < 1.29 is 8.42 Å². The Morgan fingerprint density at radius 2 is 2.05 bits per heavy atom. The molecule has 0 saturated carbocycles. The van der Waals surface area contributed by atoms with Gasteiger partial charge in [-0.1, -0.05) is 12.1 Å². The van der Waals surface area contributed by atoms with E-state index in [0.717, 1.165) is 17.0 Å². The van der Waals surface area contributed by atoms with Crippen molar-refractivity contribution in [2.45, 2.75) is 44.7 Å². The molecule has 1 aromatic heterocycles. The van der Waals surface area contributed by atoms with Crippen molar-refractivity contribution in [3.05, 3.63) is 47.5 Å². The third-order valence-electron chi connectivity index (χ3n) is 4.09. The van der Waals surface area contributed by atoms with E-state index < -0.39 is 10.0 Å². The first-order chi connectivity index (χ1) is 10.4. The second-order valence-corrected chi connectivity index (χ2v) is 7.98. The highest BCUT2D eigenvalue weighted by Crippen LogP contribution is 2.26. The SMILES string of the molecule is Cc1cccc(S(=O)(=O)N2CCc3ncn(C(C)C)c3C2)c1. The predicted molar refractivity (Wildman–Crippen MR) is 85.1 cm³/mol. The molecule has 0 amide bonds. The zero-order valence-electron chi connectivity index (χ0n) is 13.2. The van der Waals surface area contributed by atoms with Crippen LogP contribution in [-0.4, -0.2) is 28.8 Å². The molecule has 0 radical (unpaired) electrons. The number of sulfonamides is 1. The van der Waals surface area contributed by atoms with Crippen molar-refractivity contribution in [3.63, 3.8) is 0 Å². The predicted octanol–water partition coefficient (Wildman–Crippen LogP) is 2.52. The van der Waals surface area contributed by atoms with Crippen LogP contribution in [0.5, 0.6) is 0 Å². The highest BCUT2D eigenvalue weighted by molar-refractivity contribution is 7.89. The van der Waals surface area contributed by atoms with Crippen LogP contribution in [-0.2, 0) is 23.0 Å². The van der Waals surface area contributed by atoms with Gasteiger partial charge in [-0.15, -0.1) is 0 Å². The van der Waals surface area contributed by atoms with Crippen molar-refractivity contribution >= 4 is 10.0 Å². The molecule has 6 heteroatoms. The Morgan fingerprint density at radius 3 is 2.73 bits per heavy atom. The van der Waals surface area contributed by atoms with Crippen LogP contribution in [0.25, 0.3) is 0 Å². The van der Waals surface area contributed by atoms with Crippen LogP contribution in [0.1, 0.15) is 36.8 Å². The van der Waals surface area contributed by atoms with Crippen LogP contribution in [0.2, 0.25) is 0 Å². The van der Waals surface area contributed by atoms with Gasteiger partial charge in [0.1, 0.15) is 0 Å². The van der Waals surface area contributed by atoms with Crippen molar-refractivity contribution in [2.24, 2.45) is 0 Å². The van der Waals surface area contributed by atoms with Gasteiger partial charge in [-0.05, 0) is 38.5 Å². The fourth-order valence-electron chi connectivity index (χ4n) is 2.86. The first-order valence-corrected chi connectivity index (χ1v) is 8.95. The summed E-state index contributed by atoms with van der Waals surface area (Å²) in [4.78, 5) is 4.79. The van der Waals surface area contributed by atoms with Crippen LogP contribution in [0.15, 0.2) is 35.5 Å². The molecule has 1 aromatic carbocycles. The van der Waals surface area contributed by atoms with Gasteiger partial charge in [-0.2, -0.15) is 4.31 Å². The third kappa shape index (κ3) is 2.57. The number of hydrogen-bond donors (Lipinski definition) is 0. The Labute approximate surface area is 131 Å². The smallest absolute Gasteiger partial charge is 0.243 e. The zero-order chi connectivity index (χ0) is 15.9. The van der Waals surface area contributed by atoms with Gasteiger partial charge in [0, 0.05) is 19.0 Å². The van der Waals surface area contributed by atoms with Gasteiger partial charge < -0.3 is 4.57 Å². The fourth-order valence-corrected chi connectivity index (χ4v) is 4.37. The number of nitrogens with zero attached hydrogens (tertiary/aromatic N) is 3. The largest absolute Gasteiger partial charge is 0.331 e. The molecular weight excluding hydrogens is 298 g/mol. The lowest BCUT2D eigenvalue weighted by atomic mass is 10.2. The van der Waals surface area contributed by atoms with Crippen LogP contribution in [0.4, 0.5) is 0 Å². The minimum atomic E-state index is -3.46. The van der Waals surface area contributed by atoms with Gasteiger partial charge in [0.05, 0.1) is 29.2 Å². The number of aryl methyl sites for hydroxylation is 1. The van der Waals surface area contributed by atoms with E-state index in [9.17, 15) is 8.42 Å². The molecule has 0 unspecified atom stereocenters. The number of imidazole rings is 1. The fraction of sp³-hybridized carbons (Fsp3) is 0.438. The summed E-state index contributed by atoms with van der Waals surface area (Å²) in [5, 5.41) is 0. The summed E-state index contributed by atoms with van der Waals surface area (Å²) in [7, 11) is -3.46. The first-order valence-electron chi connectivity index (χ1n) is 7.51. The molecule has 2 aromatic rings. The summed E-state index contributed by atoms with van der Waals surface area (Å²) in [5.41, 5.74) is 2.98. The van der Waals surface area contributed by atoms with Gasteiger partial charge in [-0.25, -0.2) is 13.4 Å². The Bertz CT molecular complexity index is 793. The second kappa shape index (κ2) is 5.52. The van der Waals surface area contributed by atoms with Gasteiger partial charge in [0.25, 0.3) is 0 Å². The first kappa shape index (κ1) is 15.2. The molecule has 0 atom stereocenters. The summed E-state index contributed by atoms with van der Waals surface area (Å²) in [6.07, 6.45) is 2.48. The number of rotatable bonds is 3. The maximum atomic E-state index is 12.8. The van der Waals surface area contributed by atoms with Crippen molar-refractivity contribution in [2.75, 3.05) is 6.54 Å². The van der Waals surface area contributed by atoms with Crippen LogP contribution >= 0.6 is 0 Å². The molecule has 0 fully saturated rings. The molecular formula is C16H21N3O2S. The highest BCUT2D eigenvalue weighted by Gasteiger charge is 2.31. The van der Waals surface area contributed by atoms with E-state index in [4.69, 9.17) is 0 Å². The summed E-state index contributed by atoms with van der Waals surface area (Å²) in [6, 6.07) is 7.36. The summed E-state index contributed by atoms with van der Waals surface area (Å²) < 4.78 is 29.3. The van der Waals surface area contributed by atoms with Crippen LogP contribution in [0, 0.1) is 6.92 Å². The quantitative estimate of drug-likeness (QED) is 0.873. The lowest BCUT2D eigenvalue weighted by molar-refractivity contribution is 0.372. The van der Waals surface area contributed by atoms with Crippen LogP contribution < -0.4 is 0 Å². The second-order valence-electron chi connectivity index (χ2n) is 6.04. The average Bonchev–Trinajstić information content (AvgIpc) is 2.90. The molecule has 3 rings (SSSR count). The maximum Gasteiger partial charge on any atom is 0.243 e. The van der Waals surface area contributed by atoms with Crippen LogP contribution in [0.3, 0.4) is 0 Å². The standard InChI is InChI=1S/C16H21N3O2S/c1-12(2)19-11-17-15-7-8-18(10-16(15)19)22(20,21)14-6-4-5-13(3)9-14/h4-6,9,11-12H,7-8,10H2,1-3H3. The Hall–Kier alpha value is -1.66. The number of hydrogen-bond acceptors (Lipinski definition) is 3. The molecule has 2 heterocycles. The van der Waals surface area contributed by atoms with Gasteiger partial charge >= 0.3 is 0 Å². The third-order valence-corrected chi connectivity index (χ3v) is 5.93. The van der Waals surface area contributed by atoms with E-state index in [0.29, 0.717) is 24.4 Å². The molecule has 0 saturated heterocycles. The monoisotopic (exact) mass is 319 g/mol. The molecule has 1 aliphatic heterocycles. The minimum Gasteiger partial charge on any atom is -0.331 e.